The van der Waals surface area contributed by atoms with Crippen LogP contribution >= 0.6 is 0 Å². The van der Waals surface area contributed by atoms with Gasteiger partial charge in [-0.05, 0) is 36.4 Å². The van der Waals surface area contributed by atoms with Crippen molar-refractivity contribution in [3.63, 3.8) is 0 Å². The number of rotatable bonds is 4. The van der Waals surface area contributed by atoms with Gasteiger partial charge in [-0.2, -0.15) is 0 Å². The highest BCUT2D eigenvalue weighted by atomic mass is 32.2. The third kappa shape index (κ3) is 3.17. The van der Waals surface area contributed by atoms with Crippen LogP contribution in [0, 0.1) is 0 Å². The molecule has 4 rings (SSSR count). The molecule has 0 spiro atoms. The largest absolute Gasteiger partial charge is 0.497 e. The Bertz CT molecular complexity index is 1210. The van der Waals surface area contributed by atoms with E-state index in [0.29, 0.717) is 5.65 Å². The summed E-state index contributed by atoms with van der Waals surface area (Å²) in [5.41, 5.74) is 4.18. The maximum absolute atomic E-state index is 11.8. The molecular formula is C20H17N3O3S. The first kappa shape index (κ1) is 17.2. The Kier molecular flexibility index (Phi) is 4.16. The fraction of sp³-hybridized carbons (Fsp3) is 0.100. The molecule has 0 bridgehead atoms. The van der Waals surface area contributed by atoms with Gasteiger partial charge in [-0.25, -0.2) is 13.4 Å². The molecule has 0 aliphatic heterocycles. The number of sulfone groups is 1. The molecule has 0 saturated carbocycles. The average Bonchev–Trinajstić information content (AvgIpc) is 3.07. The molecule has 0 aliphatic rings. The van der Waals surface area contributed by atoms with Gasteiger partial charge in [0.1, 0.15) is 5.75 Å². The molecule has 0 radical (unpaired) electrons. The molecule has 0 saturated heterocycles. The first-order valence-electron chi connectivity index (χ1n) is 8.24. The molecule has 0 aliphatic carbocycles. The van der Waals surface area contributed by atoms with E-state index >= 15 is 0 Å². The number of hydrogen-bond donors (Lipinski definition) is 0. The van der Waals surface area contributed by atoms with Crippen molar-refractivity contribution >= 4 is 15.5 Å². The SMILES string of the molecule is COc1ccc(-c2nc3cnccn3c2-c2ccc(S(C)(=O)=O)cc2)cc1. The first-order chi connectivity index (χ1) is 13.0. The van der Waals surface area contributed by atoms with Crippen LogP contribution in [0.3, 0.4) is 0 Å². The molecule has 0 unspecified atom stereocenters. The molecule has 6 nitrogen and oxygen atoms in total. The van der Waals surface area contributed by atoms with Crippen molar-refractivity contribution in [1.29, 1.82) is 0 Å². The highest BCUT2D eigenvalue weighted by Gasteiger charge is 2.17. The second-order valence-corrected chi connectivity index (χ2v) is 8.15. The molecule has 0 N–H and O–H groups in total. The lowest BCUT2D eigenvalue weighted by Crippen LogP contribution is -1.97. The van der Waals surface area contributed by atoms with E-state index in [1.807, 2.05) is 34.9 Å². The van der Waals surface area contributed by atoms with Gasteiger partial charge >= 0.3 is 0 Å². The number of methoxy groups -OCH3 is 1. The van der Waals surface area contributed by atoms with Gasteiger partial charge in [0, 0.05) is 29.8 Å². The fourth-order valence-corrected chi connectivity index (χ4v) is 3.62. The number of ether oxygens (including phenoxy) is 1. The smallest absolute Gasteiger partial charge is 0.175 e. The molecule has 0 amide bonds. The molecular weight excluding hydrogens is 362 g/mol. The minimum absolute atomic E-state index is 0.285. The van der Waals surface area contributed by atoms with Crippen molar-refractivity contribution in [2.24, 2.45) is 0 Å². The van der Waals surface area contributed by atoms with Crippen LogP contribution in [-0.4, -0.2) is 36.2 Å². The van der Waals surface area contributed by atoms with Gasteiger partial charge in [0.15, 0.2) is 15.5 Å². The minimum atomic E-state index is -3.25. The molecule has 0 fully saturated rings. The number of aromatic nitrogens is 3. The van der Waals surface area contributed by atoms with Crippen molar-refractivity contribution in [2.75, 3.05) is 13.4 Å². The van der Waals surface area contributed by atoms with Crippen LogP contribution in [0.4, 0.5) is 0 Å². The first-order valence-corrected chi connectivity index (χ1v) is 10.1. The summed E-state index contributed by atoms with van der Waals surface area (Å²) in [5, 5.41) is 0. The Morgan fingerprint density at radius 3 is 2.26 bits per heavy atom. The summed E-state index contributed by atoms with van der Waals surface area (Å²) in [6.07, 6.45) is 6.43. The molecule has 136 valence electrons. The standard InChI is InChI=1S/C20H17N3O3S/c1-26-16-7-3-14(4-8-16)19-20(23-12-11-21-13-18(23)22-19)15-5-9-17(10-6-15)27(2,24)25/h3-13H,1-2H3. The van der Waals surface area contributed by atoms with Gasteiger partial charge in [0.2, 0.25) is 0 Å². The highest BCUT2D eigenvalue weighted by molar-refractivity contribution is 7.90. The second kappa shape index (κ2) is 6.51. The van der Waals surface area contributed by atoms with Crippen LogP contribution in [0.5, 0.6) is 5.75 Å². The number of fused-ring (bicyclic) bond motifs is 1. The van der Waals surface area contributed by atoms with Crippen molar-refractivity contribution in [3.8, 4) is 28.3 Å². The number of nitrogens with zero attached hydrogens (tertiary/aromatic N) is 3. The van der Waals surface area contributed by atoms with E-state index < -0.39 is 9.84 Å². The van der Waals surface area contributed by atoms with E-state index in [9.17, 15) is 8.42 Å². The van der Waals surface area contributed by atoms with Crippen molar-refractivity contribution < 1.29 is 13.2 Å². The molecule has 2 heterocycles. The summed E-state index contributed by atoms with van der Waals surface area (Å²) < 4.78 is 30.7. The molecule has 7 heteroatoms. The van der Waals surface area contributed by atoms with Crippen LogP contribution in [0.25, 0.3) is 28.2 Å². The van der Waals surface area contributed by atoms with E-state index in [0.717, 1.165) is 28.3 Å². The monoisotopic (exact) mass is 379 g/mol. The Balaban J connectivity index is 1.93. The van der Waals surface area contributed by atoms with E-state index in [2.05, 4.69) is 4.98 Å². The molecule has 2 aromatic carbocycles. The minimum Gasteiger partial charge on any atom is -0.497 e. The lowest BCUT2D eigenvalue weighted by atomic mass is 10.0. The highest BCUT2D eigenvalue weighted by Crippen LogP contribution is 2.33. The summed E-state index contributed by atoms with van der Waals surface area (Å²) in [5.74, 6) is 0.767. The Morgan fingerprint density at radius 1 is 0.963 bits per heavy atom. The summed E-state index contributed by atoms with van der Waals surface area (Å²) in [6.45, 7) is 0. The number of benzene rings is 2. The molecule has 0 atom stereocenters. The van der Waals surface area contributed by atoms with E-state index in [1.54, 1.807) is 43.8 Å². The topological polar surface area (TPSA) is 73.6 Å². The summed E-state index contributed by atoms with van der Waals surface area (Å²) in [7, 11) is -1.62. The third-order valence-electron chi connectivity index (χ3n) is 4.35. The summed E-state index contributed by atoms with van der Waals surface area (Å²) in [6, 6.07) is 14.5. The average molecular weight is 379 g/mol. The van der Waals surface area contributed by atoms with Gasteiger partial charge in [-0.3, -0.25) is 9.38 Å². The normalized spacial score (nSPS) is 11.6. The van der Waals surface area contributed by atoms with E-state index in [1.165, 1.54) is 6.26 Å². The van der Waals surface area contributed by atoms with Crippen LogP contribution in [0.2, 0.25) is 0 Å². The van der Waals surface area contributed by atoms with Crippen LogP contribution < -0.4 is 4.74 Å². The third-order valence-corrected chi connectivity index (χ3v) is 5.48. The Morgan fingerprint density at radius 2 is 1.63 bits per heavy atom. The zero-order chi connectivity index (χ0) is 19.0. The van der Waals surface area contributed by atoms with Gasteiger partial charge in [-0.1, -0.05) is 12.1 Å². The lowest BCUT2D eigenvalue weighted by molar-refractivity contribution is 0.415. The summed E-state index contributed by atoms with van der Waals surface area (Å²) in [4.78, 5) is 9.16. The molecule has 27 heavy (non-hydrogen) atoms. The predicted octanol–water partition coefficient (Wildman–Crippen LogP) is 3.48. The summed E-state index contributed by atoms with van der Waals surface area (Å²) >= 11 is 0. The maximum atomic E-state index is 11.8. The fourth-order valence-electron chi connectivity index (χ4n) is 2.99. The number of hydrogen-bond acceptors (Lipinski definition) is 5. The quantitative estimate of drug-likeness (QED) is 0.543. The molecule has 2 aromatic heterocycles. The van der Waals surface area contributed by atoms with E-state index in [4.69, 9.17) is 9.72 Å². The number of imidazole rings is 1. The zero-order valence-corrected chi connectivity index (χ0v) is 15.6. The van der Waals surface area contributed by atoms with Crippen LogP contribution in [-0.2, 0) is 9.84 Å². The van der Waals surface area contributed by atoms with Crippen molar-refractivity contribution in [3.05, 3.63) is 67.1 Å². The van der Waals surface area contributed by atoms with Crippen LogP contribution in [0.1, 0.15) is 0 Å². The zero-order valence-electron chi connectivity index (χ0n) is 14.8. The molecule has 4 aromatic rings. The second-order valence-electron chi connectivity index (χ2n) is 6.14. The van der Waals surface area contributed by atoms with Gasteiger partial charge in [-0.15, -0.1) is 0 Å². The van der Waals surface area contributed by atoms with Crippen molar-refractivity contribution in [1.82, 2.24) is 14.4 Å². The van der Waals surface area contributed by atoms with Gasteiger partial charge in [0.05, 0.1) is 29.6 Å². The van der Waals surface area contributed by atoms with Crippen LogP contribution in [0.15, 0.2) is 72.0 Å². The predicted molar refractivity (Wildman–Crippen MR) is 104 cm³/mol. The van der Waals surface area contributed by atoms with E-state index in [-0.39, 0.29) is 4.90 Å². The van der Waals surface area contributed by atoms with Gasteiger partial charge < -0.3 is 4.74 Å². The Labute approximate surface area is 157 Å². The maximum Gasteiger partial charge on any atom is 0.175 e. The Hall–Kier alpha value is -3.19. The lowest BCUT2D eigenvalue weighted by Gasteiger charge is -2.07. The van der Waals surface area contributed by atoms with Gasteiger partial charge in [0.25, 0.3) is 0 Å². The van der Waals surface area contributed by atoms with Crippen molar-refractivity contribution in [2.45, 2.75) is 4.90 Å².